The number of aromatic nitrogens is 2. The molecule has 156 valence electrons. The predicted octanol–water partition coefficient (Wildman–Crippen LogP) is 5.31. The molecule has 0 N–H and O–H groups in total. The van der Waals surface area contributed by atoms with Gasteiger partial charge in [-0.3, -0.25) is 4.79 Å². The minimum absolute atomic E-state index is 0.149. The molecule has 1 saturated heterocycles. The van der Waals surface area contributed by atoms with Crippen molar-refractivity contribution in [3.8, 4) is 0 Å². The Hall–Kier alpha value is -2.96. The van der Waals surface area contributed by atoms with E-state index in [4.69, 9.17) is 0 Å². The number of piperidine rings is 1. The highest BCUT2D eigenvalue weighted by atomic mass is 19.4. The van der Waals surface area contributed by atoms with Gasteiger partial charge in [-0.2, -0.15) is 13.2 Å². The number of hydrogen-bond acceptors (Lipinski definition) is 4. The predicted molar refractivity (Wildman–Crippen MR) is 110 cm³/mol. The second-order valence-corrected chi connectivity index (χ2v) is 7.78. The fourth-order valence-electron chi connectivity index (χ4n) is 4.00. The third-order valence-electron chi connectivity index (χ3n) is 5.62. The van der Waals surface area contributed by atoms with E-state index in [1.165, 1.54) is 24.6 Å². The summed E-state index contributed by atoms with van der Waals surface area (Å²) in [5.41, 5.74) is 1.91. The molecule has 7 heteroatoms. The van der Waals surface area contributed by atoms with Crippen LogP contribution >= 0.6 is 0 Å². The lowest BCUT2D eigenvalue weighted by molar-refractivity contribution is -0.144. The molecule has 0 radical (unpaired) electrons. The van der Waals surface area contributed by atoms with Gasteiger partial charge >= 0.3 is 6.18 Å². The molecule has 0 bridgehead atoms. The highest BCUT2D eigenvalue weighted by Crippen LogP contribution is 2.34. The van der Waals surface area contributed by atoms with Gasteiger partial charge in [0.15, 0.2) is 5.78 Å². The number of anilines is 1. The van der Waals surface area contributed by atoms with Crippen molar-refractivity contribution in [2.45, 2.75) is 32.4 Å². The number of carbonyl (C=O) groups is 1. The van der Waals surface area contributed by atoms with E-state index in [2.05, 4.69) is 22.1 Å². The average molecular weight is 413 g/mol. The molecule has 30 heavy (non-hydrogen) atoms. The van der Waals surface area contributed by atoms with E-state index >= 15 is 0 Å². The topological polar surface area (TPSA) is 46.1 Å². The molecule has 2 aromatic carbocycles. The van der Waals surface area contributed by atoms with Crippen LogP contribution in [0.2, 0.25) is 0 Å². The van der Waals surface area contributed by atoms with E-state index in [1.54, 1.807) is 6.07 Å². The number of alkyl halides is 3. The van der Waals surface area contributed by atoms with Crippen LogP contribution in [0.15, 0.2) is 48.5 Å². The van der Waals surface area contributed by atoms with Gasteiger partial charge < -0.3 is 4.90 Å². The van der Waals surface area contributed by atoms with Crippen LogP contribution in [-0.4, -0.2) is 28.8 Å². The summed E-state index contributed by atoms with van der Waals surface area (Å²) in [4.78, 5) is 21.3. The molecule has 0 unspecified atom stereocenters. The maximum atomic E-state index is 13.4. The molecular formula is C23H22F3N3O. The Balaban J connectivity index is 1.63. The molecule has 2 heterocycles. The van der Waals surface area contributed by atoms with Gasteiger partial charge in [0.1, 0.15) is 5.82 Å². The summed E-state index contributed by atoms with van der Waals surface area (Å²) in [7, 11) is 0. The maximum absolute atomic E-state index is 13.4. The highest BCUT2D eigenvalue weighted by molar-refractivity contribution is 6.00. The SMILES string of the molecule is CC(=O)c1ccc2nc(C(F)(F)F)nc(N3CCC(Cc4ccccc4)CC3)c2c1. The van der Waals surface area contributed by atoms with Gasteiger partial charge in [-0.15, -0.1) is 0 Å². The molecule has 0 amide bonds. The van der Waals surface area contributed by atoms with Gasteiger partial charge in [-0.1, -0.05) is 30.3 Å². The Morgan fingerprint density at radius 3 is 2.40 bits per heavy atom. The number of halogens is 3. The van der Waals surface area contributed by atoms with Crippen molar-refractivity contribution in [1.29, 1.82) is 0 Å². The van der Waals surface area contributed by atoms with Gasteiger partial charge in [-0.05, 0) is 55.9 Å². The summed E-state index contributed by atoms with van der Waals surface area (Å²) < 4.78 is 40.1. The van der Waals surface area contributed by atoms with Crippen molar-refractivity contribution in [2.24, 2.45) is 5.92 Å². The number of fused-ring (bicyclic) bond motifs is 1. The third-order valence-corrected chi connectivity index (χ3v) is 5.62. The molecule has 0 spiro atoms. The average Bonchev–Trinajstić information content (AvgIpc) is 2.73. The van der Waals surface area contributed by atoms with Crippen molar-refractivity contribution in [2.75, 3.05) is 18.0 Å². The van der Waals surface area contributed by atoms with Crippen molar-refractivity contribution in [3.05, 3.63) is 65.5 Å². The van der Waals surface area contributed by atoms with Crippen molar-refractivity contribution < 1.29 is 18.0 Å². The summed E-state index contributed by atoms with van der Waals surface area (Å²) in [5.74, 6) is -0.559. The largest absolute Gasteiger partial charge is 0.451 e. The fraction of sp³-hybridized carbons (Fsp3) is 0.348. The van der Waals surface area contributed by atoms with Crippen LogP contribution in [0.25, 0.3) is 10.9 Å². The summed E-state index contributed by atoms with van der Waals surface area (Å²) in [6, 6.07) is 14.8. The first-order valence-corrected chi connectivity index (χ1v) is 10.00. The Morgan fingerprint density at radius 1 is 1.07 bits per heavy atom. The molecule has 0 saturated carbocycles. The Morgan fingerprint density at radius 2 is 1.77 bits per heavy atom. The normalized spacial score (nSPS) is 15.5. The third kappa shape index (κ3) is 4.30. The van der Waals surface area contributed by atoms with Crippen molar-refractivity contribution in [3.63, 3.8) is 0 Å². The maximum Gasteiger partial charge on any atom is 0.451 e. The zero-order valence-electron chi connectivity index (χ0n) is 16.6. The molecule has 0 aliphatic carbocycles. The lowest BCUT2D eigenvalue weighted by atomic mass is 9.90. The first-order chi connectivity index (χ1) is 14.3. The van der Waals surface area contributed by atoms with E-state index in [0.29, 0.717) is 30.0 Å². The number of hydrogen-bond donors (Lipinski definition) is 0. The molecule has 4 rings (SSSR count). The monoisotopic (exact) mass is 413 g/mol. The van der Waals surface area contributed by atoms with Crippen LogP contribution in [-0.2, 0) is 12.6 Å². The van der Waals surface area contributed by atoms with E-state index in [1.807, 2.05) is 23.1 Å². The van der Waals surface area contributed by atoms with Crippen LogP contribution in [0.1, 0.15) is 41.5 Å². The molecule has 4 nitrogen and oxygen atoms in total. The summed E-state index contributed by atoms with van der Waals surface area (Å²) in [5, 5.41) is 0.484. The quantitative estimate of drug-likeness (QED) is 0.544. The number of ketones is 1. The van der Waals surface area contributed by atoms with E-state index < -0.39 is 12.0 Å². The Bertz CT molecular complexity index is 1060. The number of rotatable bonds is 4. The lowest BCUT2D eigenvalue weighted by Crippen LogP contribution is -2.35. The Kier molecular flexibility index (Phi) is 5.45. The van der Waals surface area contributed by atoms with Crippen molar-refractivity contribution in [1.82, 2.24) is 9.97 Å². The summed E-state index contributed by atoms with van der Waals surface area (Å²) >= 11 is 0. The lowest BCUT2D eigenvalue weighted by Gasteiger charge is -2.33. The molecule has 0 atom stereocenters. The second kappa shape index (κ2) is 8.05. The van der Waals surface area contributed by atoms with Crippen LogP contribution in [0.3, 0.4) is 0 Å². The fourth-order valence-corrected chi connectivity index (χ4v) is 4.00. The number of benzene rings is 2. The molecule has 1 aromatic heterocycles. The summed E-state index contributed by atoms with van der Waals surface area (Å²) in [6.07, 6.45) is -1.93. The molecule has 3 aromatic rings. The van der Waals surface area contributed by atoms with Gasteiger partial charge in [0, 0.05) is 24.0 Å². The van der Waals surface area contributed by atoms with Gasteiger partial charge in [-0.25, -0.2) is 9.97 Å². The standard InChI is InChI=1S/C23H22F3N3O/c1-15(30)18-7-8-20-19(14-18)21(28-22(27-20)23(24,25)26)29-11-9-17(10-12-29)13-16-5-3-2-4-6-16/h2-8,14,17H,9-13H2,1H3. The number of Topliss-reactive ketones (excluding diaryl/α,β-unsaturated/α-hetero) is 1. The van der Waals surface area contributed by atoms with Crippen LogP contribution in [0.4, 0.5) is 19.0 Å². The smallest absolute Gasteiger partial charge is 0.356 e. The van der Waals surface area contributed by atoms with Crippen LogP contribution in [0.5, 0.6) is 0 Å². The zero-order chi connectivity index (χ0) is 21.3. The van der Waals surface area contributed by atoms with Crippen molar-refractivity contribution >= 4 is 22.5 Å². The van der Waals surface area contributed by atoms with E-state index in [-0.39, 0.29) is 17.1 Å². The summed E-state index contributed by atoms with van der Waals surface area (Å²) in [6.45, 7) is 2.66. The molecular weight excluding hydrogens is 391 g/mol. The first-order valence-electron chi connectivity index (χ1n) is 10.00. The van der Waals surface area contributed by atoms with Gasteiger partial charge in [0.2, 0.25) is 5.82 Å². The van der Waals surface area contributed by atoms with E-state index in [9.17, 15) is 18.0 Å². The molecule has 1 aliphatic rings. The minimum Gasteiger partial charge on any atom is -0.356 e. The van der Waals surface area contributed by atoms with Crippen LogP contribution < -0.4 is 4.90 Å². The first kappa shape index (κ1) is 20.3. The number of carbonyl (C=O) groups excluding carboxylic acids is 1. The zero-order valence-corrected chi connectivity index (χ0v) is 16.6. The molecule has 1 aliphatic heterocycles. The van der Waals surface area contributed by atoms with Gasteiger partial charge in [0.25, 0.3) is 0 Å². The van der Waals surface area contributed by atoms with Crippen LogP contribution in [0, 0.1) is 5.92 Å². The molecule has 1 fully saturated rings. The van der Waals surface area contributed by atoms with E-state index in [0.717, 1.165) is 19.3 Å². The second-order valence-electron chi connectivity index (χ2n) is 7.78. The van der Waals surface area contributed by atoms with Gasteiger partial charge in [0.05, 0.1) is 5.52 Å². The number of nitrogens with zero attached hydrogens (tertiary/aromatic N) is 3. The Labute approximate surface area is 172 Å². The minimum atomic E-state index is -4.63. The highest BCUT2D eigenvalue weighted by Gasteiger charge is 2.36.